The molecule has 6 rings (SSSR count). The number of amides is 5. The number of halogens is 2. The van der Waals surface area contributed by atoms with Crippen LogP contribution in [0, 0.1) is 5.41 Å². The number of imide groups is 2. The number of nitrogens with one attached hydrogen (secondary N) is 2. The predicted molar refractivity (Wildman–Crippen MR) is 145 cm³/mol. The van der Waals surface area contributed by atoms with Crippen molar-refractivity contribution in [2.24, 2.45) is 5.41 Å². The van der Waals surface area contributed by atoms with Crippen molar-refractivity contribution < 1.29 is 24.0 Å². The van der Waals surface area contributed by atoms with E-state index < -0.39 is 39.4 Å². The number of piperidine rings is 2. The van der Waals surface area contributed by atoms with Gasteiger partial charge in [-0.1, -0.05) is 6.07 Å². The van der Waals surface area contributed by atoms with E-state index in [9.17, 15) is 24.0 Å². The number of hydrogen-bond donors (Lipinski definition) is 2. The number of hydrogen-bond acceptors (Lipinski definition) is 7. The van der Waals surface area contributed by atoms with E-state index in [0.717, 1.165) is 23.3 Å². The minimum Gasteiger partial charge on any atom is -0.380 e. The van der Waals surface area contributed by atoms with Crippen LogP contribution < -0.4 is 10.6 Å². The van der Waals surface area contributed by atoms with Crippen LogP contribution in [0.1, 0.15) is 71.3 Å². The van der Waals surface area contributed by atoms with Crippen LogP contribution in [0.4, 0.5) is 5.69 Å². The number of aromatic nitrogens is 2. The van der Waals surface area contributed by atoms with Crippen LogP contribution in [0.25, 0.3) is 0 Å². The van der Waals surface area contributed by atoms with Crippen molar-refractivity contribution in [3.63, 3.8) is 0 Å². The Bertz CT molecular complexity index is 1450. The van der Waals surface area contributed by atoms with E-state index in [-0.39, 0.29) is 35.9 Å². The summed E-state index contributed by atoms with van der Waals surface area (Å²) in [5, 5.41) is 9.97. The van der Waals surface area contributed by atoms with Gasteiger partial charge in [-0.3, -0.25) is 38.9 Å². The van der Waals surface area contributed by atoms with Crippen molar-refractivity contribution in [2.45, 2.75) is 62.0 Å². The number of nitrogens with zero attached hydrogens (tertiary/aromatic N) is 4. The molecule has 0 spiro atoms. The first-order chi connectivity index (χ1) is 19.0. The molecule has 2 N–H and O–H groups in total. The van der Waals surface area contributed by atoms with E-state index in [1.54, 1.807) is 24.4 Å². The Kier molecular flexibility index (Phi) is 6.42. The molecule has 11 nitrogen and oxygen atoms in total. The third-order valence-corrected chi connectivity index (χ3v) is 9.56. The highest BCUT2D eigenvalue weighted by atomic mass is 35.5. The Labute approximate surface area is 240 Å². The fourth-order valence-corrected chi connectivity index (χ4v) is 6.54. The lowest BCUT2D eigenvalue weighted by molar-refractivity contribution is -0.138. The summed E-state index contributed by atoms with van der Waals surface area (Å²) in [4.78, 5) is 65.9. The predicted octanol–water partition coefficient (Wildman–Crippen LogP) is 2.64. The zero-order valence-electron chi connectivity index (χ0n) is 21.8. The zero-order valence-corrected chi connectivity index (χ0v) is 23.3. The van der Waals surface area contributed by atoms with Crippen LogP contribution in [-0.4, -0.2) is 72.6 Å². The molecule has 1 aromatic heterocycles. The van der Waals surface area contributed by atoms with Gasteiger partial charge in [0.2, 0.25) is 17.7 Å². The Morgan fingerprint density at radius 3 is 2.52 bits per heavy atom. The van der Waals surface area contributed by atoms with Gasteiger partial charge < -0.3 is 10.2 Å². The van der Waals surface area contributed by atoms with Gasteiger partial charge in [-0.15, -0.1) is 23.2 Å². The summed E-state index contributed by atoms with van der Waals surface area (Å²) in [5.74, 6) is -2.16. The lowest BCUT2D eigenvalue weighted by Gasteiger charge is -2.34. The van der Waals surface area contributed by atoms with Gasteiger partial charge in [0.15, 0.2) is 0 Å². The molecule has 0 bridgehead atoms. The number of carbonyl (C=O) groups excluding carboxylic acids is 5. The van der Waals surface area contributed by atoms with Crippen LogP contribution in [-0.2, 0) is 20.9 Å². The molecule has 3 fully saturated rings. The number of carbonyl (C=O) groups is 5. The van der Waals surface area contributed by atoms with E-state index in [2.05, 4.69) is 15.7 Å². The summed E-state index contributed by atoms with van der Waals surface area (Å²) < 4.78 is 0.921. The monoisotopic (exact) mass is 586 g/mol. The highest BCUT2D eigenvalue weighted by Crippen LogP contribution is 2.64. The molecule has 0 radical (unpaired) electrons. The van der Waals surface area contributed by atoms with Crippen LogP contribution in [0.15, 0.2) is 30.6 Å². The maximum absolute atomic E-state index is 13.3. The quantitative estimate of drug-likeness (QED) is 0.392. The normalized spacial score (nSPS) is 26.1. The number of alkyl halides is 2. The van der Waals surface area contributed by atoms with E-state index in [1.165, 1.54) is 0 Å². The highest BCUT2D eigenvalue weighted by molar-refractivity contribution is 6.53. The summed E-state index contributed by atoms with van der Waals surface area (Å²) in [6.07, 6.45) is 5.83. The summed E-state index contributed by atoms with van der Waals surface area (Å²) in [7, 11) is 0. The molecule has 4 aliphatic rings. The lowest BCUT2D eigenvalue weighted by Crippen LogP contribution is -2.54. The molecule has 1 saturated carbocycles. The first kappa shape index (κ1) is 26.8. The van der Waals surface area contributed by atoms with Crippen LogP contribution in [0.2, 0.25) is 0 Å². The van der Waals surface area contributed by atoms with Crippen molar-refractivity contribution in [2.75, 3.05) is 18.4 Å². The molecule has 2 saturated heterocycles. The van der Waals surface area contributed by atoms with Crippen molar-refractivity contribution >= 4 is 58.4 Å². The molecule has 210 valence electrons. The van der Waals surface area contributed by atoms with Gasteiger partial charge in [0, 0.05) is 43.5 Å². The fraction of sp³-hybridized carbons (Fsp3) is 0.481. The Morgan fingerprint density at radius 1 is 1.12 bits per heavy atom. The van der Waals surface area contributed by atoms with Crippen molar-refractivity contribution in [1.29, 1.82) is 0 Å². The summed E-state index contributed by atoms with van der Waals surface area (Å²) in [6, 6.07) is 4.08. The minimum atomic E-state index is -1.02. The number of likely N-dealkylation sites (tertiary alicyclic amines) is 1. The van der Waals surface area contributed by atoms with Gasteiger partial charge in [-0.2, -0.15) is 5.10 Å². The molecule has 2 aromatic rings. The van der Waals surface area contributed by atoms with Gasteiger partial charge in [0.25, 0.3) is 11.8 Å². The second kappa shape index (κ2) is 9.59. The molecule has 13 heteroatoms. The zero-order chi connectivity index (χ0) is 28.4. The number of rotatable bonds is 6. The van der Waals surface area contributed by atoms with Crippen molar-refractivity contribution in [3.8, 4) is 0 Å². The molecule has 1 aliphatic carbocycles. The highest BCUT2D eigenvalue weighted by Gasteiger charge is 2.68. The van der Waals surface area contributed by atoms with Gasteiger partial charge >= 0.3 is 0 Å². The lowest BCUT2D eigenvalue weighted by atomic mass is 10.0. The second-order valence-electron chi connectivity index (χ2n) is 11.1. The van der Waals surface area contributed by atoms with E-state index in [0.29, 0.717) is 31.7 Å². The van der Waals surface area contributed by atoms with Crippen molar-refractivity contribution in [3.05, 3.63) is 47.3 Å². The molecule has 1 aromatic carbocycles. The first-order valence-corrected chi connectivity index (χ1v) is 14.0. The van der Waals surface area contributed by atoms with Crippen LogP contribution in [0.5, 0.6) is 0 Å². The standard InChI is InChI=1S/C27H28Cl2N6O5/c1-26(14-27(26,28)29)25(40)33-9-7-16(8-10-33)34-13-15(12-31-34)11-30-18-4-2-3-17-21(18)24(39)35(23(17)38)19-5-6-20(36)32-22(19)37/h2-4,12-13,16,19,30H,5-11,14H2,1H3,(H,32,36,37)/t19?,26-/m0/s1. The van der Waals surface area contributed by atoms with E-state index in [1.807, 2.05) is 22.7 Å². The third-order valence-electron chi connectivity index (χ3n) is 8.46. The average Bonchev–Trinajstić information content (AvgIpc) is 3.22. The van der Waals surface area contributed by atoms with Crippen molar-refractivity contribution in [1.82, 2.24) is 24.9 Å². The maximum Gasteiger partial charge on any atom is 0.264 e. The second-order valence-corrected chi connectivity index (χ2v) is 12.6. The molecule has 5 amide bonds. The van der Waals surface area contributed by atoms with Crippen LogP contribution >= 0.6 is 23.2 Å². The molecule has 3 aliphatic heterocycles. The molecular weight excluding hydrogens is 559 g/mol. The summed E-state index contributed by atoms with van der Waals surface area (Å²) >= 11 is 12.4. The number of benzene rings is 1. The van der Waals surface area contributed by atoms with Crippen LogP contribution in [0.3, 0.4) is 0 Å². The third kappa shape index (κ3) is 4.35. The molecule has 4 heterocycles. The number of fused-ring (bicyclic) bond motifs is 1. The maximum atomic E-state index is 13.3. The van der Waals surface area contributed by atoms with Gasteiger partial charge in [-0.05, 0) is 44.7 Å². The van der Waals surface area contributed by atoms with E-state index >= 15 is 0 Å². The Morgan fingerprint density at radius 2 is 1.85 bits per heavy atom. The molecule has 40 heavy (non-hydrogen) atoms. The average molecular weight is 587 g/mol. The van der Waals surface area contributed by atoms with Gasteiger partial charge in [0.05, 0.1) is 28.8 Å². The van der Waals surface area contributed by atoms with Gasteiger partial charge in [0.1, 0.15) is 10.4 Å². The SMILES string of the molecule is C[C@@]1(C(=O)N2CCC(n3cc(CNc4cccc5c4C(=O)N(C4CCC(=O)NC4=O)C5=O)cn3)CC2)CC1(Cl)Cl. The topological polar surface area (TPSA) is 134 Å². The summed E-state index contributed by atoms with van der Waals surface area (Å²) in [5.41, 5.74) is 1.08. The molecule has 1 unspecified atom stereocenters. The first-order valence-electron chi connectivity index (χ1n) is 13.3. The van der Waals surface area contributed by atoms with Gasteiger partial charge in [-0.25, -0.2) is 0 Å². The minimum absolute atomic E-state index is 0.000830. The molecule has 2 atom stereocenters. The van der Waals surface area contributed by atoms with E-state index in [4.69, 9.17) is 23.2 Å². The number of anilines is 1. The molecular formula is C27H28Cl2N6O5. The Hall–Kier alpha value is -3.44. The Balaban J connectivity index is 1.09. The fourth-order valence-electron chi connectivity index (χ4n) is 5.84. The largest absolute Gasteiger partial charge is 0.380 e. The smallest absolute Gasteiger partial charge is 0.264 e. The summed E-state index contributed by atoms with van der Waals surface area (Å²) in [6.45, 7) is 3.38.